The van der Waals surface area contributed by atoms with Crippen LogP contribution in [0.5, 0.6) is 0 Å². The van der Waals surface area contributed by atoms with E-state index in [4.69, 9.17) is 9.72 Å². The molecule has 0 aliphatic carbocycles. The Bertz CT molecular complexity index is 1250. The zero-order valence-electron chi connectivity index (χ0n) is 16.3. The smallest absolute Gasteiger partial charge is 0.340 e. The highest BCUT2D eigenvalue weighted by Gasteiger charge is 2.34. The number of fused-ring (bicyclic) bond motifs is 5. The van der Waals surface area contributed by atoms with Gasteiger partial charge in [-0.25, -0.2) is 9.78 Å². The minimum atomic E-state index is -1.44. The average Bonchev–Trinajstić information content (AvgIpc) is 3.08. The molecular formula is C22H21N3O4. The molecule has 2 aliphatic rings. The van der Waals surface area contributed by atoms with Gasteiger partial charge in [-0.3, -0.25) is 4.79 Å². The van der Waals surface area contributed by atoms with Gasteiger partial charge in [-0.15, -0.1) is 0 Å². The molecule has 0 spiro atoms. The van der Waals surface area contributed by atoms with E-state index in [1.54, 1.807) is 10.6 Å². The summed E-state index contributed by atoms with van der Waals surface area (Å²) in [6.07, 6.45) is -0.626. The van der Waals surface area contributed by atoms with Crippen molar-refractivity contribution in [3.05, 3.63) is 56.9 Å². The van der Waals surface area contributed by atoms with E-state index in [1.165, 1.54) is 5.56 Å². The van der Waals surface area contributed by atoms with Gasteiger partial charge in [-0.1, -0.05) is 6.92 Å². The van der Waals surface area contributed by atoms with Crippen LogP contribution in [0.4, 0.5) is 5.69 Å². The Kier molecular flexibility index (Phi) is 3.96. The standard InChI is InChI=1S/C22H21N3O4/c1-3-12-13-7-11(23-4-2)5-6-17(13)24-19-15(12)9-25-18(19)8-14-16(21(25)27)10-29-22(28)20(14)26/h5-8,20,23,26H,3-4,9-10H2,1-2H3/t20-/m0/s1. The Balaban J connectivity index is 1.77. The molecule has 2 aliphatic heterocycles. The molecule has 2 N–H and O–H groups in total. The van der Waals surface area contributed by atoms with Crippen LogP contribution in [0.3, 0.4) is 0 Å². The molecule has 0 unspecified atom stereocenters. The van der Waals surface area contributed by atoms with Crippen molar-refractivity contribution in [1.29, 1.82) is 0 Å². The number of nitrogens with zero attached hydrogens (tertiary/aromatic N) is 2. The third-order valence-corrected chi connectivity index (χ3v) is 5.81. The van der Waals surface area contributed by atoms with Gasteiger partial charge in [0.15, 0.2) is 6.10 Å². The second-order valence-electron chi connectivity index (χ2n) is 7.40. The van der Waals surface area contributed by atoms with E-state index >= 15 is 0 Å². The number of aromatic nitrogens is 2. The highest BCUT2D eigenvalue weighted by atomic mass is 16.5. The van der Waals surface area contributed by atoms with E-state index in [-0.39, 0.29) is 12.2 Å². The van der Waals surface area contributed by atoms with Gasteiger partial charge in [-0.05, 0) is 43.2 Å². The summed E-state index contributed by atoms with van der Waals surface area (Å²) < 4.78 is 6.63. The molecule has 0 amide bonds. The van der Waals surface area contributed by atoms with Crippen LogP contribution >= 0.6 is 0 Å². The van der Waals surface area contributed by atoms with Crippen molar-refractivity contribution in [2.75, 3.05) is 11.9 Å². The Hall–Kier alpha value is -3.19. The van der Waals surface area contributed by atoms with Crippen molar-refractivity contribution < 1.29 is 14.6 Å². The number of aryl methyl sites for hydroxylation is 1. The van der Waals surface area contributed by atoms with Crippen LogP contribution in [0.15, 0.2) is 29.1 Å². The van der Waals surface area contributed by atoms with Crippen LogP contribution in [0, 0.1) is 0 Å². The average molecular weight is 391 g/mol. The summed E-state index contributed by atoms with van der Waals surface area (Å²) in [5.74, 6) is -0.725. The van der Waals surface area contributed by atoms with E-state index in [0.717, 1.165) is 40.8 Å². The van der Waals surface area contributed by atoms with E-state index in [1.807, 2.05) is 12.1 Å². The van der Waals surface area contributed by atoms with E-state index < -0.39 is 12.1 Å². The number of carbonyl (C=O) groups is 1. The van der Waals surface area contributed by atoms with Crippen molar-refractivity contribution in [3.63, 3.8) is 0 Å². The van der Waals surface area contributed by atoms with Crippen LogP contribution in [-0.4, -0.2) is 27.2 Å². The van der Waals surface area contributed by atoms with Gasteiger partial charge >= 0.3 is 5.97 Å². The lowest BCUT2D eigenvalue weighted by Crippen LogP contribution is -2.32. The Morgan fingerprint density at radius 1 is 1.24 bits per heavy atom. The first-order valence-corrected chi connectivity index (χ1v) is 9.84. The Morgan fingerprint density at radius 3 is 2.83 bits per heavy atom. The van der Waals surface area contributed by atoms with Crippen molar-refractivity contribution in [1.82, 2.24) is 9.55 Å². The molecule has 0 bridgehead atoms. The number of carbonyl (C=O) groups excluding carboxylic acids is 1. The second kappa shape index (κ2) is 6.42. The lowest BCUT2D eigenvalue weighted by atomic mass is 9.97. The normalized spacial score (nSPS) is 16.9. The molecule has 0 saturated carbocycles. The quantitative estimate of drug-likeness (QED) is 0.521. The largest absolute Gasteiger partial charge is 0.458 e. The van der Waals surface area contributed by atoms with Crippen LogP contribution in [0.1, 0.15) is 42.2 Å². The molecule has 4 heterocycles. The molecule has 0 fully saturated rings. The van der Waals surface area contributed by atoms with E-state index in [0.29, 0.717) is 23.4 Å². The topological polar surface area (TPSA) is 93.5 Å². The Labute approximate surface area is 167 Å². The molecular weight excluding hydrogens is 370 g/mol. The first-order valence-electron chi connectivity index (χ1n) is 9.84. The summed E-state index contributed by atoms with van der Waals surface area (Å²) in [7, 11) is 0. The molecule has 7 nitrogen and oxygen atoms in total. The number of esters is 1. The minimum absolute atomic E-state index is 0.108. The van der Waals surface area contributed by atoms with Gasteiger partial charge in [0.25, 0.3) is 5.56 Å². The predicted octanol–water partition coefficient (Wildman–Crippen LogP) is 2.51. The molecule has 0 radical (unpaired) electrons. The van der Waals surface area contributed by atoms with Crippen molar-refractivity contribution in [2.24, 2.45) is 0 Å². The maximum absolute atomic E-state index is 13.1. The minimum Gasteiger partial charge on any atom is -0.458 e. The molecule has 3 aromatic rings. The molecule has 1 aromatic carbocycles. The first kappa shape index (κ1) is 17.9. The molecule has 7 heteroatoms. The first-order chi connectivity index (χ1) is 14.0. The summed E-state index contributed by atoms with van der Waals surface area (Å²) in [6, 6.07) is 7.81. The zero-order valence-corrected chi connectivity index (χ0v) is 16.3. The number of nitrogens with one attached hydrogen (secondary N) is 1. The number of aliphatic hydroxyl groups is 1. The van der Waals surface area contributed by atoms with Crippen LogP contribution in [0.25, 0.3) is 22.3 Å². The van der Waals surface area contributed by atoms with Crippen molar-refractivity contribution in [3.8, 4) is 11.4 Å². The SMILES string of the molecule is CCNc1ccc2nc3c(c(CC)c2c1)Cn1c-3cc2c(c1=O)COC(=O)[C@H]2O. The lowest BCUT2D eigenvalue weighted by Gasteiger charge is -2.21. The molecule has 5 rings (SSSR count). The van der Waals surface area contributed by atoms with E-state index in [9.17, 15) is 14.7 Å². The highest BCUT2D eigenvalue weighted by Crippen LogP contribution is 2.38. The van der Waals surface area contributed by atoms with Gasteiger partial charge < -0.3 is 19.7 Å². The molecule has 29 heavy (non-hydrogen) atoms. The molecule has 148 valence electrons. The number of rotatable bonds is 3. The number of anilines is 1. The predicted molar refractivity (Wildman–Crippen MR) is 109 cm³/mol. The fourth-order valence-corrected chi connectivity index (χ4v) is 4.43. The van der Waals surface area contributed by atoms with Gasteiger partial charge in [0.2, 0.25) is 0 Å². The number of ether oxygens (including phenoxy) is 1. The summed E-state index contributed by atoms with van der Waals surface area (Å²) >= 11 is 0. The number of cyclic esters (lactones) is 1. The molecule has 0 saturated heterocycles. The second-order valence-corrected chi connectivity index (χ2v) is 7.40. The maximum Gasteiger partial charge on any atom is 0.340 e. The van der Waals surface area contributed by atoms with Crippen LogP contribution in [0.2, 0.25) is 0 Å². The number of hydrogen-bond acceptors (Lipinski definition) is 6. The third kappa shape index (κ3) is 2.50. The summed E-state index contributed by atoms with van der Waals surface area (Å²) in [6.45, 7) is 5.31. The molecule has 1 atom stereocenters. The summed E-state index contributed by atoms with van der Waals surface area (Å²) in [5.41, 5.74) is 5.91. The fraction of sp³-hybridized carbons (Fsp3) is 0.318. The van der Waals surface area contributed by atoms with Gasteiger partial charge in [-0.2, -0.15) is 0 Å². The van der Waals surface area contributed by atoms with Crippen molar-refractivity contribution in [2.45, 2.75) is 39.5 Å². The van der Waals surface area contributed by atoms with Crippen molar-refractivity contribution >= 4 is 22.6 Å². The lowest BCUT2D eigenvalue weighted by molar-refractivity contribution is -0.157. The summed E-state index contributed by atoms with van der Waals surface area (Å²) in [5, 5.41) is 14.6. The number of aliphatic hydroxyl groups excluding tert-OH is 1. The Morgan fingerprint density at radius 2 is 2.07 bits per heavy atom. The van der Waals surface area contributed by atoms with Gasteiger partial charge in [0.05, 0.1) is 29.0 Å². The fourth-order valence-electron chi connectivity index (χ4n) is 4.43. The number of hydrogen-bond donors (Lipinski definition) is 2. The third-order valence-electron chi connectivity index (χ3n) is 5.81. The van der Waals surface area contributed by atoms with Crippen LogP contribution in [-0.2, 0) is 29.1 Å². The zero-order chi connectivity index (χ0) is 20.3. The monoisotopic (exact) mass is 391 g/mol. The molecule has 2 aromatic heterocycles. The number of benzene rings is 1. The highest BCUT2D eigenvalue weighted by molar-refractivity contribution is 5.90. The van der Waals surface area contributed by atoms with Gasteiger partial charge in [0, 0.05) is 28.7 Å². The summed E-state index contributed by atoms with van der Waals surface area (Å²) in [4.78, 5) is 29.7. The number of pyridine rings is 2. The van der Waals surface area contributed by atoms with E-state index in [2.05, 4.69) is 25.2 Å². The maximum atomic E-state index is 13.1. The van der Waals surface area contributed by atoms with Gasteiger partial charge in [0.1, 0.15) is 6.61 Å². The van der Waals surface area contributed by atoms with Crippen LogP contribution < -0.4 is 10.9 Å².